The highest BCUT2D eigenvalue weighted by atomic mass is 16.3. The molecule has 6 nitrogen and oxygen atoms in total. The monoisotopic (exact) mass is 245 g/mol. The van der Waals surface area contributed by atoms with E-state index in [1.54, 1.807) is 18.2 Å². The Morgan fingerprint density at radius 3 is 2.94 bits per heavy atom. The van der Waals surface area contributed by atoms with Crippen molar-refractivity contribution in [1.82, 2.24) is 5.32 Å². The van der Waals surface area contributed by atoms with Crippen molar-refractivity contribution in [2.45, 2.75) is 6.42 Å². The number of nitrogen functional groups attached to an aromatic ring is 1. The van der Waals surface area contributed by atoms with Crippen molar-refractivity contribution in [3.63, 3.8) is 0 Å². The van der Waals surface area contributed by atoms with E-state index in [0.717, 1.165) is 5.39 Å². The first kappa shape index (κ1) is 10.6. The molecule has 3 N–H and O–H groups in total. The first-order valence-corrected chi connectivity index (χ1v) is 5.53. The summed E-state index contributed by atoms with van der Waals surface area (Å²) in [4.78, 5) is 24.3. The summed E-state index contributed by atoms with van der Waals surface area (Å²) in [6.07, 6.45) is 1.78. The summed E-state index contributed by atoms with van der Waals surface area (Å²) in [6.45, 7) is 0.351. The lowest BCUT2D eigenvalue weighted by Gasteiger charge is -2.25. The van der Waals surface area contributed by atoms with Crippen LogP contribution in [0.15, 0.2) is 28.9 Å². The molecule has 1 aliphatic rings. The molecule has 2 heterocycles. The van der Waals surface area contributed by atoms with Crippen LogP contribution in [-0.2, 0) is 4.79 Å². The number of anilines is 2. The van der Waals surface area contributed by atoms with Crippen molar-refractivity contribution in [2.75, 3.05) is 17.2 Å². The number of nitrogens with zero attached hydrogens (tertiary/aromatic N) is 1. The third kappa shape index (κ3) is 1.58. The van der Waals surface area contributed by atoms with Crippen LogP contribution in [0.25, 0.3) is 11.0 Å². The molecule has 92 valence electrons. The number of fused-ring (bicyclic) bond motifs is 1. The van der Waals surface area contributed by atoms with Gasteiger partial charge in [0.1, 0.15) is 11.8 Å². The van der Waals surface area contributed by atoms with Gasteiger partial charge in [0, 0.05) is 30.1 Å². The van der Waals surface area contributed by atoms with Crippen LogP contribution in [0.2, 0.25) is 0 Å². The largest absolute Gasteiger partial charge is 0.462 e. The number of benzene rings is 1. The van der Waals surface area contributed by atoms with E-state index in [9.17, 15) is 9.59 Å². The van der Waals surface area contributed by atoms with E-state index in [2.05, 4.69) is 5.32 Å². The molecule has 0 radical (unpaired) electrons. The van der Waals surface area contributed by atoms with Crippen LogP contribution < -0.4 is 16.0 Å². The minimum Gasteiger partial charge on any atom is -0.462 e. The Kier molecular flexibility index (Phi) is 2.22. The van der Waals surface area contributed by atoms with Crippen molar-refractivity contribution in [1.29, 1.82) is 0 Å². The summed E-state index contributed by atoms with van der Waals surface area (Å²) < 4.78 is 5.37. The topological polar surface area (TPSA) is 88.6 Å². The molecule has 0 atom stereocenters. The minimum atomic E-state index is -0.425. The number of carbonyl (C=O) groups is 2. The summed E-state index contributed by atoms with van der Waals surface area (Å²) in [7, 11) is 0. The van der Waals surface area contributed by atoms with Crippen LogP contribution in [0.1, 0.15) is 6.42 Å². The number of rotatable bonds is 1. The third-order valence-corrected chi connectivity index (χ3v) is 2.92. The van der Waals surface area contributed by atoms with E-state index >= 15 is 0 Å². The van der Waals surface area contributed by atoms with Crippen LogP contribution >= 0.6 is 0 Å². The zero-order valence-electron chi connectivity index (χ0n) is 9.47. The normalized spacial score (nSPS) is 16.1. The minimum absolute atomic E-state index is 0.256. The SMILES string of the molecule is Nc1ccc2c(N3CCC(=O)NC3=O)coc2c1. The highest BCUT2D eigenvalue weighted by molar-refractivity contribution is 6.09. The number of hydrogen-bond acceptors (Lipinski definition) is 4. The molecule has 0 bridgehead atoms. The second-order valence-electron chi connectivity index (χ2n) is 4.13. The number of amides is 3. The van der Waals surface area contributed by atoms with E-state index in [1.165, 1.54) is 11.2 Å². The fourth-order valence-electron chi connectivity index (χ4n) is 2.03. The van der Waals surface area contributed by atoms with Gasteiger partial charge in [0.2, 0.25) is 5.91 Å². The lowest BCUT2D eigenvalue weighted by atomic mass is 10.2. The zero-order valence-corrected chi connectivity index (χ0v) is 9.47. The molecular formula is C12H11N3O3. The second-order valence-corrected chi connectivity index (χ2v) is 4.13. The van der Waals surface area contributed by atoms with Gasteiger partial charge in [0.25, 0.3) is 0 Å². The molecule has 0 unspecified atom stereocenters. The molecule has 1 aliphatic heterocycles. The molecular weight excluding hydrogens is 234 g/mol. The highest BCUT2D eigenvalue weighted by Gasteiger charge is 2.26. The summed E-state index contributed by atoms with van der Waals surface area (Å²) in [5, 5.41) is 3.08. The fraction of sp³-hybridized carbons (Fsp3) is 0.167. The Hall–Kier alpha value is -2.50. The van der Waals surface area contributed by atoms with E-state index in [0.29, 0.717) is 23.5 Å². The van der Waals surface area contributed by atoms with Crippen molar-refractivity contribution in [3.05, 3.63) is 24.5 Å². The average Bonchev–Trinajstić information content (AvgIpc) is 2.72. The van der Waals surface area contributed by atoms with Gasteiger partial charge in [-0.05, 0) is 12.1 Å². The molecule has 1 aromatic heterocycles. The number of carbonyl (C=O) groups excluding carboxylic acids is 2. The summed E-state index contributed by atoms with van der Waals surface area (Å²) >= 11 is 0. The Labute approximate surface area is 102 Å². The molecule has 3 rings (SSSR count). The lowest BCUT2D eigenvalue weighted by Crippen LogP contribution is -2.49. The number of hydrogen-bond donors (Lipinski definition) is 2. The molecule has 6 heteroatoms. The van der Waals surface area contributed by atoms with E-state index in [-0.39, 0.29) is 12.3 Å². The smallest absolute Gasteiger partial charge is 0.328 e. The van der Waals surface area contributed by atoms with Crippen LogP contribution in [0.5, 0.6) is 0 Å². The molecule has 2 aromatic rings. The number of nitrogens with two attached hydrogens (primary N) is 1. The summed E-state index contributed by atoms with van der Waals surface area (Å²) in [5.74, 6) is -0.256. The Morgan fingerprint density at radius 2 is 2.17 bits per heavy atom. The third-order valence-electron chi connectivity index (χ3n) is 2.92. The van der Waals surface area contributed by atoms with Crippen molar-refractivity contribution in [2.24, 2.45) is 0 Å². The second kappa shape index (κ2) is 3.76. The van der Waals surface area contributed by atoms with Crippen LogP contribution in [-0.4, -0.2) is 18.5 Å². The maximum Gasteiger partial charge on any atom is 0.328 e. The molecule has 1 fully saturated rings. The van der Waals surface area contributed by atoms with Gasteiger partial charge in [0.15, 0.2) is 0 Å². The molecule has 18 heavy (non-hydrogen) atoms. The molecule has 0 saturated carbocycles. The van der Waals surface area contributed by atoms with Crippen molar-refractivity contribution in [3.8, 4) is 0 Å². The van der Waals surface area contributed by atoms with Gasteiger partial charge in [0.05, 0.1) is 5.69 Å². The molecule has 0 spiro atoms. The quantitative estimate of drug-likeness (QED) is 0.744. The van der Waals surface area contributed by atoms with Gasteiger partial charge in [-0.3, -0.25) is 15.0 Å². The summed E-state index contributed by atoms with van der Waals surface area (Å²) in [5.41, 5.74) is 7.53. The van der Waals surface area contributed by atoms with Gasteiger partial charge in [-0.15, -0.1) is 0 Å². The standard InChI is InChI=1S/C12H11N3O3/c13-7-1-2-8-9(6-18-10(8)5-7)15-4-3-11(16)14-12(15)17/h1-2,5-6H,3-4,13H2,(H,14,16,17). The van der Waals surface area contributed by atoms with Crippen molar-refractivity contribution < 1.29 is 14.0 Å². The van der Waals surface area contributed by atoms with Gasteiger partial charge in [-0.2, -0.15) is 0 Å². The fourth-order valence-corrected chi connectivity index (χ4v) is 2.03. The molecule has 3 amide bonds. The predicted octanol–water partition coefficient (Wildman–Crippen LogP) is 1.46. The van der Waals surface area contributed by atoms with Gasteiger partial charge >= 0.3 is 6.03 Å². The van der Waals surface area contributed by atoms with Crippen LogP contribution in [0.4, 0.5) is 16.2 Å². The van der Waals surface area contributed by atoms with E-state index in [1.807, 2.05) is 0 Å². The molecule has 1 saturated heterocycles. The lowest BCUT2D eigenvalue weighted by molar-refractivity contribution is -0.120. The molecule has 1 aromatic carbocycles. The number of nitrogens with one attached hydrogen (secondary N) is 1. The molecule has 0 aliphatic carbocycles. The average molecular weight is 245 g/mol. The highest BCUT2D eigenvalue weighted by Crippen LogP contribution is 2.31. The van der Waals surface area contributed by atoms with Gasteiger partial charge in [-0.1, -0.05) is 0 Å². The zero-order chi connectivity index (χ0) is 12.7. The summed E-state index contributed by atoms with van der Waals surface area (Å²) in [6, 6.07) is 4.82. The van der Waals surface area contributed by atoms with E-state index in [4.69, 9.17) is 10.2 Å². The number of furan rings is 1. The van der Waals surface area contributed by atoms with Crippen molar-refractivity contribution >= 4 is 34.3 Å². The predicted molar refractivity (Wildman–Crippen MR) is 66.1 cm³/mol. The van der Waals surface area contributed by atoms with Gasteiger partial charge in [-0.25, -0.2) is 4.79 Å². The first-order chi connectivity index (χ1) is 8.65. The Bertz CT molecular complexity index is 647. The number of urea groups is 1. The van der Waals surface area contributed by atoms with Crippen LogP contribution in [0, 0.1) is 0 Å². The van der Waals surface area contributed by atoms with Gasteiger partial charge < -0.3 is 10.2 Å². The van der Waals surface area contributed by atoms with E-state index < -0.39 is 6.03 Å². The number of imide groups is 1. The Balaban J connectivity index is 2.04. The first-order valence-electron chi connectivity index (χ1n) is 5.53. The Morgan fingerprint density at radius 1 is 1.33 bits per heavy atom. The van der Waals surface area contributed by atoms with Crippen LogP contribution in [0.3, 0.4) is 0 Å². The maximum atomic E-state index is 11.7. The maximum absolute atomic E-state index is 11.7.